The van der Waals surface area contributed by atoms with Gasteiger partial charge in [0.2, 0.25) is 0 Å². The summed E-state index contributed by atoms with van der Waals surface area (Å²) in [4.78, 5) is 8.93. The highest BCUT2D eigenvalue weighted by Gasteiger charge is 2.25. The van der Waals surface area contributed by atoms with Crippen LogP contribution in [0, 0.1) is 0 Å². The molecule has 1 unspecified atom stereocenters. The minimum absolute atomic E-state index is 0.581. The molecule has 0 radical (unpaired) electrons. The molecule has 1 saturated heterocycles. The lowest BCUT2D eigenvalue weighted by molar-refractivity contribution is 0.407. The van der Waals surface area contributed by atoms with Crippen LogP contribution in [0.4, 0.5) is 5.69 Å². The third-order valence-electron chi connectivity index (χ3n) is 3.15. The third-order valence-corrected chi connectivity index (χ3v) is 3.15. The van der Waals surface area contributed by atoms with E-state index >= 15 is 0 Å². The van der Waals surface area contributed by atoms with Gasteiger partial charge in [-0.25, -0.2) is 0 Å². The Bertz CT molecular complexity index is 314. The number of anilines is 1. The van der Waals surface area contributed by atoms with Gasteiger partial charge >= 0.3 is 0 Å². The van der Waals surface area contributed by atoms with Crippen LogP contribution in [0.1, 0.15) is 6.42 Å². The Hall–Kier alpha value is -1.13. The van der Waals surface area contributed by atoms with E-state index < -0.39 is 0 Å². The number of likely N-dealkylation sites (tertiary alicyclic amines) is 1. The molecule has 4 nitrogen and oxygen atoms in total. The first-order chi connectivity index (χ1) is 7.81. The van der Waals surface area contributed by atoms with Crippen molar-refractivity contribution < 1.29 is 0 Å². The van der Waals surface area contributed by atoms with Gasteiger partial charge in [0.05, 0.1) is 11.9 Å². The second-order valence-corrected chi connectivity index (χ2v) is 4.40. The Morgan fingerprint density at radius 1 is 1.62 bits per heavy atom. The zero-order valence-electron chi connectivity index (χ0n) is 9.84. The van der Waals surface area contributed by atoms with E-state index in [0.29, 0.717) is 12.6 Å². The Kier molecular flexibility index (Phi) is 3.74. The lowest BCUT2D eigenvalue weighted by Gasteiger charge is -2.30. The third kappa shape index (κ3) is 2.51. The molecule has 88 valence electrons. The van der Waals surface area contributed by atoms with Crippen LogP contribution in [-0.4, -0.2) is 49.2 Å². The fraction of sp³-hybridized carbons (Fsp3) is 0.583. The highest BCUT2D eigenvalue weighted by Crippen LogP contribution is 2.20. The van der Waals surface area contributed by atoms with E-state index in [0.717, 1.165) is 13.1 Å². The highest BCUT2D eigenvalue weighted by atomic mass is 15.2. The summed E-state index contributed by atoms with van der Waals surface area (Å²) in [5.74, 6) is 0. The minimum atomic E-state index is 0.581. The van der Waals surface area contributed by atoms with Crippen molar-refractivity contribution >= 4 is 5.69 Å². The van der Waals surface area contributed by atoms with Gasteiger partial charge in [0.1, 0.15) is 0 Å². The highest BCUT2D eigenvalue weighted by molar-refractivity contribution is 5.45. The topological polar surface area (TPSA) is 45.4 Å². The number of nitrogens with two attached hydrogens (primary N) is 1. The molecule has 16 heavy (non-hydrogen) atoms. The second kappa shape index (κ2) is 5.27. The van der Waals surface area contributed by atoms with Crippen molar-refractivity contribution in [1.29, 1.82) is 0 Å². The first-order valence-electron chi connectivity index (χ1n) is 5.86. The van der Waals surface area contributed by atoms with Gasteiger partial charge in [0.25, 0.3) is 0 Å². The van der Waals surface area contributed by atoms with E-state index in [4.69, 9.17) is 5.73 Å². The first-order valence-corrected chi connectivity index (χ1v) is 5.86. The van der Waals surface area contributed by atoms with Gasteiger partial charge < -0.3 is 15.5 Å². The summed E-state index contributed by atoms with van der Waals surface area (Å²) in [6.45, 7) is 3.89. The molecule has 1 aromatic heterocycles. The first kappa shape index (κ1) is 11.4. The molecule has 1 aromatic rings. The predicted octanol–water partition coefficient (Wildman–Crippen LogP) is 0.551. The lowest BCUT2D eigenvalue weighted by atomic mass is 10.2. The van der Waals surface area contributed by atoms with E-state index in [1.165, 1.54) is 18.7 Å². The van der Waals surface area contributed by atoms with Gasteiger partial charge in [-0.2, -0.15) is 0 Å². The Morgan fingerprint density at radius 3 is 3.06 bits per heavy atom. The van der Waals surface area contributed by atoms with Crippen molar-refractivity contribution in [3.05, 3.63) is 24.5 Å². The summed E-state index contributed by atoms with van der Waals surface area (Å²) in [6, 6.07) is 4.68. The molecular formula is C12H20N4. The summed E-state index contributed by atoms with van der Waals surface area (Å²) >= 11 is 0. The standard InChI is InChI=1S/C12H20N4/c1-15-7-4-12(10-15)16(8-5-13)11-3-2-6-14-9-11/h2-3,6,9,12H,4-5,7-8,10,13H2,1H3. The van der Waals surface area contributed by atoms with Gasteiger partial charge in [-0.15, -0.1) is 0 Å². The fourth-order valence-electron chi connectivity index (χ4n) is 2.35. The lowest BCUT2D eigenvalue weighted by Crippen LogP contribution is -2.40. The molecule has 0 amide bonds. The number of likely N-dealkylation sites (N-methyl/N-ethyl adjacent to an activating group) is 1. The average molecular weight is 220 g/mol. The van der Waals surface area contributed by atoms with Crippen molar-refractivity contribution in [3.63, 3.8) is 0 Å². The summed E-state index contributed by atoms with van der Waals surface area (Å²) in [5, 5.41) is 0. The van der Waals surface area contributed by atoms with Crippen LogP contribution in [0.25, 0.3) is 0 Å². The smallest absolute Gasteiger partial charge is 0.0556 e. The number of hydrogen-bond acceptors (Lipinski definition) is 4. The SMILES string of the molecule is CN1CCC(N(CCN)c2cccnc2)C1. The Labute approximate surface area is 97.1 Å². The number of rotatable bonds is 4. The summed E-state index contributed by atoms with van der Waals surface area (Å²) in [7, 11) is 2.17. The van der Waals surface area contributed by atoms with E-state index in [9.17, 15) is 0 Å². The molecule has 1 atom stereocenters. The van der Waals surface area contributed by atoms with Gasteiger partial charge in [-0.05, 0) is 32.1 Å². The number of pyridine rings is 1. The van der Waals surface area contributed by atoms with E-state index in [2.05, 4.69) is 27.9 Å². The molecule has 2 N–H and O–H groups in total. The molecule has 0 spiro atoms. The zero-order chi connectivity index (χ0) is 11.4. The normalized spacial score (nSPS) is 21.2. The molecule has 1 fully saturated rings. The molecule has 1 aliphatic heterocycles. The summed E-state index contributed by atoms with van der Waals surface area (Å²) < 4.78 is 0. The molecule has 0 aliphatic carbocycles. The van der Waals surface area contributed by atoms with Gasteiger partial charge in [0, 0.05) is 31.9 Å². The van der Waals surface area contributed by atoms with Gasteiger partial charge in [-0.3, -0.25) is 4.98 Å². The Morgan fingerprint density at radius 2 is 2.50 bits per heavy atom. The molecule has 0 aromatic carbocycles. The largest absolute Gasteiger partial charge is 0.365 e. The van der Waals surface area contributed by atoms with Crippen molar-refractivity contribution in [1.82, 2.24) is 9.88 Å². The minimum Gasteiger partial charge on any atom is -0.365 e. The molecular weight excluding hydrogens is 200 g/mol. The van der Waals surface area contributed by atoms with Crippen molar-refractivity contribution in [3.8, 4) is 0 Å². The van der Waals surface area contributed by atoms with Crippen LogP contribution in [0.5, 0.6) is 0 Å². The zero-order valence-corrected chi connectivity index (χ0v) is 9.84. The van der Waals surface area contributed by atoms with Crippen LogP contribution in [0.3, 0.4) is 0 Å². The predicted molar refractivity (Wildman–Crippen MR) is 66.5 cm³/mol. The van der Waals surface area contributed by atoms with E-state index in [1.54, 1.807) is 0 Å². The maximum absolute atomic E-state index is 5.69. The summed E-state index contributed by atoms with van der Waals surface area (Å²) in [5.41, 5.74) is 6.88. The van der Waals surface area contributed by atoms with Crippen LogP contribution < -0.4 is 10.6 Å². The van der Waals surface area contributed by atoms with Gasteiger partial charge in [-0.1, -0.05) is 0 Å². The quantitative estimate of drug-likeness (QED) is 0.805. The molecule has 2 rings (SSSR count). The fourth-order valence-corrected chi connectivity index (χ4v) is 2.35. The Balaban J connectivity index is 2.11. The van der Waals surface area contributed by atoms with Crippen molar-refractivity contribution in [2.24, 2.45) is 5.73 Å². The number of nitrogens with zero attached hydrogens (tertiary/aromatic N) is 3. The van der Waals surface area contributed by atoms with Crippen LogP contribution in [-0.2, 0) is 0 Å². The molecule has 1 aliphatic rings. The van der Waals surface area contributed by atoms with Crippen molar-refractivity contribution in [2.75, 3.05) is 38.1 Å². The second-order valence-electron chi connectivity index (χ2n) is 4.40. The number of hydrogen-bond donors (Lipinski definition) is 1. The maximum atomic E-state index is 5.69. The van der Waals surface area contributed by atoms with Crippen LogP contribution in [0.15, 0.2) is 24.5 Å². The molecule has 0 saturated carbocycles. The van der Waals surface area contributed by atoms with Crippen LogP contribution in [0.2, 0.25) is 0 Å². The number of aromatic nitrogens is 1. The molecule has 0 bridgehead atoms. The van der Waals surface area contributed by atoms with Crippen LogP contribution >= 0.6 is 0 Å². The van der Waals surface area contributed by atoms with E-state index in [1.807, 2.05) is 18.5 Å². The van der Waals surface area contributed by atoms with Gasteiger partial charge in [0.15, 0.2) is 0 Å². The van der Waals surface area contributed by atoms with E-state index in [-0.39, 0.29) is 0 Å². The maximum Gasteiger partial charge on any atom is 0.0556 e. The monoisotopic (exact) mass is 220 g/mol. The summed E-state index contributed by atoms with van der Waals surface area (Å²) in [6.07, 6.45) is 4.95. The molecule has 2 heterocycles. The average Bonchev–Trinajstić information content (AvgIpc) is 2.74. The van der Waals surface area contributed by atoms with Crippen molar-refractivity contribution in [2.45, 2.75) is 12.5 Å². The molecule has 4 heteroatoms.